The van der Waals surface area contributed by atoms with Crippen LogP contribution in [0.15, 0.2) is 12.2 Å². The van der Waals surface area contributed by atoms with Gasteiger partial charge in [-0.1, -0.05) is 12.2 Å². The van der Waals surface area contributed by atoms with E-state index in [2.05, 4.69) is 17.9 Å². The van der Waals surface area contributed by atoms with Crippen LogP contribution in [0.25, 0.3) is 0 Å². The van der Waals surface area contributed by atoms with Gasteiger partial charge in [0.1, 0.15) is 0 Å². The van der Waals surface area contributed by atoms with Crippen LogP contribution in [0.2, 0.25) is 0 Å². The van der Waals surface area contributed by atoms with Crippen LogP contribution in [0.1, 0.15) is 32.1 Å². The molecular weight excluding hydrogens is 122 g/mol. The standard InChI is InChI=1S/C9H17N/c10-8-9-6-4-2-1-3-5-7-9/h1-2,9H,3-8,10H2/p+1/b2-1-. The summed E-state index contributed by atoms with van der Waals surface area (Å²) < 4.78 is 0. The minimum Gasteiger partial charge on any atom is -0.357 e. The summed E-state index contributed by atoms with van der Waals surface area (Å²) >= 11 is 0. The Morgan fingerprint density at radius 3 is 2.80 bits per heavy atom. The van der Waals surface area contributed by atoms with Crippen LogP contribution in [-0.2, 0) is 0 Å². The minimum absolute atomic E-state index is 0.907. The maximum Gasteiger partial charge on any atom is 0.0768 e. The van der Waals surface area contributed by atoms with Crippen molar-refractivity contribution in [1.29, 1.82) is 0 Å². The summed E-state index contributed by atoms with van der Waals surface area (Å²) in [4.78, 5) is 0. The molecule has 0 aromatic heterocycles. The SMILES string of the molecule is [NH3+]CC1CC/C=C\CCC1. The van der Waals surface area contributed by atoms with Crippen molar-refractivity contribution in [1.82, 2.24) is 0 Å². The minimum atomic E-state index is 0.907. The molecular formula is C9H18N+. The van der Waals surface area contributed by atoms with E-state index in [4.69, 9.17) is 0 Å². The topological polar surface area (TPSA) is 27.6 Å². The van der Waals surface area contributed by atoms with Gasteiger partial charge in [-0.05, 0) is 32.1 Å². The molecule has 0 spiro atoms. The Kier molecular flexibility index (Phi) is 3.52. The number of hydrogen-bond donors (Lipinski definition) is 1. The summed E-state index contributed by atoms with van der Waals surface area (Å²) in [5.74, 6) is 0.907. The highest BCUT2D eigenvalue weighted by Crippen LogP contribution is 2.16. The fraction of sp³-hybridized carbons (Fsp3) is 0.778. The van der Waals surface area contributed by atoms with Gasteiger partial charge in [-0.25, -0.2) is 0 Å². The number of rotatable bonds is 1. The maximum absolute atomic E-state index is 3.96. The van der Waals surface area contributed by atoms with Crippen LogP contribution in [0.4, 0.5) is 0 Å². The molecule has 0 heterocycles. The van der Waals surface area contributed by atoms with Gasteiger partial charge in [0.2, 0.25) is 0 Å². The van der Waals surface area contributed by atoms with E-state index in [-0.39, 0.29) is 0 Å². The molecule has 0 saturated heterocycles. The second-order valence-corrected chi connectivity index (χ2v) is 3.13. The third-order valence-corrected chi connectivity index (χ3v) is 2.30. The van der Waals surface area contributed by atoms with Crippen LogP contribution in [0.5, 0.6) is 0 Å². The van der Waals surface area contributed by atoms with Crippen molar-refractivity contribution < 1.29 is 5.73 Å². The van der Waals surface area contributed by atoms with Crippen molar-refractivity contribution in [2.24, 2.45) is 5.92 Å². The van der Waals surface area contributed by atoms with Crippen molar-refractivity contribution in [3.05, 3.63) is 12.2 Å². The van der Waals surface area contributed by atoms with E-state index in [9.17, 15) is 0 Å². The molecule has 1 aliphatic carbocycles. The summed E-state index contributed by atoms with van der Waals surface area (Å²) in [5, 5.41) is 0. The molecule has 0 radical (unpaired) electrons. The molecule has 1 rings (SSSR count). The fourth-order valence-corrected chi connectivity index (χ4v) is 1.53. The first-order valence-corrected chi connectivity index (χ1v) is 4.37. The normalized spacial score (nSPS) is 30.7. The first-order valence-electron chi connectivity index (χ1n) is 4.37. The van der Waals surface area contributed by atoms with Crippen LogP contribution in [-0.4, -0.2) is 6.54 Å². The van der Waals surface area contributed by atoms with Crippen LogP contribution >= 0.6 is 0 Å². The molecule has 1 heteroatoms. The summed E-state index contributed by atoms with van der Waals surface area (Å²) in [6.45, 7) is 1.13. The average Bonchev–Trinajstić information content (AvgIpc) is 1.87. The molecule has 0 amide bonds. The largest absolute Gasteiger partial charge is 0.357 e. The molecule has 1 nitrogen and oxygen atoms in total. The maximum atomic E-state index is 3.96. The quantitative estimate of drug-likeness (QED) is 0.533. The fourth-order valence-electron chi connectivity index (χ4n) is 1.53. The highest BCUT2D eigenvalue weighted by atomic mass is 14.5. The molecule has 0 saturated carbocycles. The molecule has 0 aromatic carbocycles. The second-order valence-electron chi connectivity index (χ2n) is 3.13. The average molecular weight is 140 g/mol. The monoisotopic (exact) mass is 140 g/mol. The Morgan fingerprint density at radius 1 is 1.20 bits per heavy atom. The van der Waals surface area contributed by atoms with Gasteiger partial charge in [0, 0.05) is 5.92 Å². The van der Waals surface area contributed by atoms with Gasteiger partial charge >= 0.3 is 0 Å². The van der Waals surface area contributed by atoms with Crippen molar-refractivity contribution in [3.8, 4) is 0 Å². The summed E-state index contributed by atoms with van der Waals surface area (Å²) in [7, 11) is 0. The number of quaternary nitrogens is 1. The van der Waals surface area contributed by atoms with Gasteiger partial charge in [0.25, 0.3) is 0 Å². The Labute approximate surface area is 63.3 Å². The molecule has 0 aromatic rings. The van der Waals surface area contributed by atoms with E-state index in [1.54, 1.807) is 0 Å². The van der Waals surface area contributed by atoms with Crippen molar-refractivity contribution in [2.45, 2.75) is 32.1 Å². The van der Waals surface area contributed by atoms with E-state index in [0.717, 1.165) is 12.5 Å². The molecule has 1 unspecified atom stereocenters. The molecule has 1 atom stereocenters. The van der Waals surface area contributed by atoms with E-state index in [0.29, 0.717) is 0 Å². The summed E-state index contributed by atoms with van der Waals surface area (Å²) in [6.07, 6.45) is 11.3. The predicted octanol–water partition coefficient (Wildman–Crippen LogP) is 1.36. The first-order chi connectivity index (χ1) is 4.93. The van der Waals surface area contributed by atoms with E-state index >= 15 is 0 Å². The molecule has 3 N–H and O–H groups in total. The molecule has 0 fully saturated rings. The zero-order valence-electron chi connectivity index (χ0n) is 6.68. The van der Waals surface area contributed by atoms with Crippen molar-refractivity contribution in [3.63, 3.8) is 0 Å². The number of allylic oxidation sites excluding steroid dienone is 2. The Balaban J connectivity index is 2.27. The van der Waals surface area contributed by atoms with Crippen molar-refractivity contribution >= 4 is 0 Å². The Morgan fingerprint density at radius 2 is 2.00 bits per heavy atom. The molecule has 10 heavy (non-hydrogen) atoms. The van der Waals surface area contributed by atoms with E-state index in [1.807, 2.05) is 0 Å². The molecule has 58 valence electrons. The Hall–Kier alpha value is -0.300. The smallest absolute Gasteiger partial charge is 0.0768 e. The lowest BCUT2D eigenvalue weighted by Gasteiger charge is -2.12. The molecule has 0 bridgehead atoms. The van der Waals surface area contributed by atoms with Gasteiger partial charge < -0.3 is 5.73 Å². The zero-order valence-corrected chi connectivity index (χ0v) is 6.68. The predicted molar refractivity (Wildman–Crippen MR) is 43.5 cm³/mol. The Bertz CT molecular complexity index is 107. The van der Waals surface area contributed by atoms with Gasteiger partial charge in [-0.15, -0.1) is 0 Å². The van der Waals surface area contributed by atoms with Crippen molar-refractivity contribution in [2.75, 3.05) is 6.54 Å². The summed E-state index contributed by atoms with van der Waals surface area (Å²) in [6, 6.07) is 0. The highest BCUT2D eigenvalue weighted by molar-refractivity contribution is 4.84. The van der Waals surface area contributed by atoms with Crippen LogP contribution in [0.3, 0.4) is 0 Å². The number of hydrogen-bond acceptors (Lipinski definition) is 0. The lowest BCUT2D eigenvalue weighted by Crippen LogP contribution is -2.53. The first kappa shape index (κ1) is 7.80. The lowest BCUT2D eigenvalue weighted by molar-refractivity contribution is -0.379. The second kappa shape index (κ2) is 4.51. The molecule has 1 aliphatic rings. The highest BCUT2D eigenvalue weighted by Gasteiger charge is 2.07. The molecule has 0 aliphatic heterocycles. The summed E-state index contributed by atoms with van der Waals surface area (Å²) in [5.41, 5.74) is 3.96. The van der Waals surface area contributed by atoms with Gasteiger partial charge in [-0.3, -0.25) is 0 Å². The van der Waals surface area contributed by atoms with Gasteiger partial charge in [0.15, 0.2) is 0 Å². The zero-order chi connectivity index (χ0) is 7.23. The van der Waals surface area contributed by atoms with Gasteiger partial charge in [0.05, 0.1) is 6.54 Å². The van der Waals surface area contributed by atoms with E-state index in [1.165, 1.54) is 32.1 Å². The lowest BCUT2D eigenvalue weighted by atomic mass is 9.94. The third kappa shape index (κ3) is 2.53. The van der Waals surface area contributed by atoms with Crippen LogP contribution < -0.4 is 5.73 Å². The van der Waals surface area contributed by atoms with Gasteiger partial charge in [-0.2, -0.15) is 0 Å². The third-order valence-electron chi connectivity index (χ3n) is 2.30. The van der Waals surface area contributed by atoms with E-state index < -0.39 is 0 Å². The van der Waals surface area contributed by atoms with Crippen LogP contribution in [0, 0.1) is 5.92 Å².